The van der Waals surface area contributed by atoms with Gasteiger partial charge < -0.3 is 27.5 Å². The van der Waals surface area contributed by atoms with Crippen molar-refractivity contribution in [2.45, 2.75) is 252 Å². The van der Waals surface area contributed by atoms with Crippen LogP contribution >= 0.6 is 0 Å². The van der Waals surface area contributed by atoms with E-state index >= 15 is 0 Å². The van der Waals surface area contributed by atoms with Crippen LogP contribution in [-0.4, -0.2) is 66.9 Å². The van der Waals surface area contributed by atoms with E-state index < -0.39 is 30.7 Å². The predicted molar refractivity (Wildman–Crippen MR) is 265 cm³/mol. The summed E-state index contributed by atoms with van der Waals surface area (Å²) in [5.74, 6) is -0.153. The van der Waals surface area contributed by atoms with Gasteiger partial charge in [-0.3, -0.25) is 0 Å². The van der Waals surface area contributed by atoms with Gasteiger partial charge in [-0.1, -0.05) is 144 Å². The summed E-state index contributed by atoms with van der Waals surface area (Å²) in [5.41, 5.74) is 0.853. The molecule has 0 N–H and O–H groups in total. The molecule has 1 aromatic carbocycles. The molecule has 1 heterocycles. The summed E-state index contributed by atoms with van der Waals surface area (Å²) in [6, 6.07) is 20.8. The Morgan fingerprint density at radius 1 is 0.617 bits per heavy atom. The van der Waals surface area contributed by atoms with Gasteiger partial charge in [-0.2, -0.15) is 0 Å². The number of rotatable bonds is 32. The molecule has 0 aromatic heterocycles. The Morgan fingerprint density at radius 3 is 1.48 bits per heavy atom. The average molecular weight is 890 g/mol. The smallest absolute Gasteiger partial charge is 0.192 e. The summed E-state index contributed by atoms with van der Waals surface area (Å²) in [6.45, 7) is 37.4. The number of hydrogen-bond donors (Lipinski definition) is 0. The summed E-state index contributed by atoms with van der Waals surface area (Å²) < 4.78 is 42.1. The highest BCUT2D eigenvalue weighted by molar-refractivity contribution is 6.74. The normalized spacial score (nSPS) is 20.4. The first kappa shape index (κ1) is 55.2. The van der Waals surface area contributed by atoms with Crippen molar-refractivity contribution in [3.8, 4) is 0 Å². The fraction of sp³-hybridized carbons (Fsp3) is 0.804. The molecular formula is C51H96O6Si3. The van der Waals surface area contributed by atoms with E-state index in [0.29, 0.717) is 6.61 Å². The third-order valence-electron chi connectivity index (χ3n) is 14.6. The monoisotopic (exact) mass is 889 g/mol. The summed E-state index contributed by atoms with van der Waals surface area (Å²) in [7, 11) is -5.91. The van der Waals surface area contributed by atoms with Crippen LogP contribution in [0.4, 0.5) is 0 Å². The van der Waals surface area contributed by atoms with Crippen molar-refractivity contribution in [3.63, 3.8) is 0 Å². The molecule has 60 heavy (non-hydrogen) atoms. The molecular weight excluding hydrogens is 793 g/mol. The molecule has 1 unspecified atom stereocenters. The molecule has 1 aliphatic rings. The predicted octanol–water partition coefficient (Wildman–Crippen LogP) is 15.4. The lowest BCUT2D eigenvalue weighted by molar-refractivity contribution is -0.155. The molecule has 0 aliphatic carbocycles. The van der Waals surface area contributed by atoms with Crippen LogP contribution in [0.15, 0.2) is 54.6 Å². The van der Waals surface area contributed by atoms with Gasteiger partial charge in [-0.05, 0) is 120 Å². The summed E-state index contributed by atoms with van der Waals surface area (Å²) >= 11 is 0. The van der Waals surface area contributed by atoms with Crippen LogP contribution in [0.2, 0.25) is 54.4 Å². The quantitative estimate of drug-likeness (QED) is 0.0531. The van der Waals surface area contributed by atoms with Crippen LogP contribution in [-0.2, 0) is 34.1 Å². The Hall–Kier alpha value is -0.889. The molecule has 348 valence electrons. The number of ether oxygens (including phenoxy) is 3. The van der Waals surface area contributed by atoms with Gasteiger partial charge in [0.15, 0.2) is 30.7 Å². The zero-order valence-electron chi connectivity index (χ0n) is 42.0. The van der Waals surface area contributed by atoms with Crippen LogP contribution in [0.1, 0.15) is 155 Å². The number of allylic oxidation sites excluding steroid dienone is 2. The molecule has 6 nitrogen and oxygen atoms in total. The van der Waals surface area contributed by atoms with E-state index in [1.165, 1.54) is 5.56 Å². The fourth-order valence-electron chi connectivity index (χ4n) is 9.63. The summed E-state index contributed by atoms with van der Waals surface area (Å²) in [5, 5.41) is 0. The van der Waals surface area contributed by atoms with Crippen molar-refractivity contribution in [3.05, 3.63) is 60.2 Å². The van der Waals surface area contributed by atoms with E-state index in [1.807, 2.05) is 13.8 Å². The van der Waals surface area contributed by atoms with Crippen molar-refractivity contribution in [2.75, 3.05) is 0 Å². The standard InChI is InChI=1S/C51H96O6Si3/c1-17-34-45(52-41-44-35-28-27-29-36-44)37-30-31-38-46(54-58(18-2,19-3)20-4)42(11)49(56-60(24-8,25-9)26-10)43(12)47(55-59(21-5,22-6)23-7)39-32-33-40-48-50(13,14)57-51(15,16)53-48/h27-30,33,35-37,40,42-43,45-49H,17-26,31-32,34,38-39,41H2,1-16H3/b37-30+,40-33+/t42-,43-,45+,46-,47+,48?,49+/m1/s1. The Balaban J connectivity index is 2.57. The van der Waals surface area contributed by atoms with Gasteiger partial charge >= 0.3 is 0 Å². The Bertz CT molecular complexity index is 1310. The minimum atomic E-state index is -2.01. The first-order chi connectivity index (χ1) is 28.5. The van der Waals surface area contributed by atoms with Crippen LogP contribution in [0.3, 0.4) is 0 Å². The lowest BCUT2D eigenvalue weighted by Gasteiger charge is -2.46. The zero-order chi connectivity index (χ0) is 45.0. The van der Waals surface area contributed by atoms with E-state index in [0.717, 1.165) is 92.9 Å². The molecule has 9 heteroatoms. The van der Waals surface area contributed by atoms with Crippen molar-refractivity contribution in [1.82, 2.24) is 0 Å². The maximum absolute atomic E-state index is 7.81. The Morgan fingerprint density at radius 2 is 1.07 bits per heavy atom. The number of benzene rings is 1. The van der Waals surface area contributed by atoms with Crippen LogP contribution in [0, 0.1) is 11.8 Å². The number of hydrogen-bond acceptors (Lipinski definition) is 6. The molecule has 0 amide bonds. The van der Waals surface area contributed by atoms with Gasteiger partial charge in [-0.25, -0.2) is 0 Å². The van der Waals surface area contributed by atoms with Crippen molar-refractivity contribution >= 4 is 25.0 Å². The fourth-order valence-corrected chi connectivity index (χ4v) is 18.6. The highest BCUT2D eigenvalue weighted by Crippen LogP contribution is 2.40. The molecule has 1 saturated heterocycles. The van der Waals surface area contributed by atoms with Gasteiger partial charge in [0.05, 0.1) is 36.6 Å². The van der Waals surface area contributed by atoms with E-state index in [2.05, 4.69) is 152 Å². The SMILES string of the molecule is CCC[C@@H](/C=C/CC[C@@H](O[Si](CC)(CC)CC)[C@@H](C)[C@H](O[Si](CC)(CC)CC)[C@H](C)[C@H](CC/C=C/C1OC(C)(C)OC1(C)C)O[Si](CC)(CC)CC)OCc1ccccc1. The van der Waals surface area contributed by atoms with E-state index in [1.54, 1.807) is 0 Å². The van der Waals surface area contributed by atoms with E-state index in [9.17, 15) is 0 Å². The Kier molecular flexibility index (Phi) is 24.7. The largest absolute Gasteiger partial charge is 0.414 e. The average Bonchev–Trinajstić information content (AvgIpc) is 3.48. The molecule has 0 spiro atoms. The summed E-state index contributed by atoms with van der Waals surface area (Å²) in [6.07, 6.45) is 15.5. The second-order valence-electron chi connectivity index (χ2n) is 19.1. The van der Waals surface area contributed by atoms with E-state index in [-0.39, 0.29) is 48.0 Å². The maximum Gasteiger partial charge on any atom is 0.192 e. The van der Waals surface area contributed by atoms with Crippen molar-refractivity contribution < 1.29 is 27.5 Å². The molecule has 1 fully saturated rings. The second kappa shape index (κ2) is 26.8. The highest BCUT2D eigenvalue weighted by atomic mass is 28.4. The zero-order valence-corrected chi connectivity index (χ0v) is 45.0. The third kappa shape index (κ3) is 16.6. The van der Waals surface area contributed by atoms with Gasteiger partial charge in [-0.15, -0.1) is 0 Å². The van der Waals surface area contributed by atoms with Gasteiger partial charge in [0.2, 0.25) is 0 Å². The minimum absolute atomic E-state index is 0.0438. The highest BCUT2D eigenvalue weighted by Gasteiger charge is 2.47. The molecule has 0 radical (unpaired) electrons. The van der Waals surface area contributed by atoms with Crippen molar-refractivity contribution in [1.29, 1.82) is 0 Å². The Labute approximate surface area is 375 Å². The molecule has 0 bridgehead atoms. The van der Waals surface area contributed by atoms with Crippen LogP contribution in [0.5, 0.6) is 0 Å². The van der Waals surface area contributed by atoms with Crippen LogP contribution < -0.4 is 0 Å². The van der Waals surface area contributed by atoms with Crippen molar-refractivity contribution in [2.24, 2.45) is 11.8 Å². The van der Waals surface area contributed by atoms with E-state index in [4.69, 9.17) is 27.5 Å². The molecule has 2 rings (SSSR count). The first-order valence-corrected chi connectivity index (χ1v) is 32.4. The lowest BCUT2D eigenvalue weighted by atomic mass is 9.83. The minimum Gasteiger partial charge on any atom is -0.414 e. The van der Waals surface area contributed by atoms with Crippen LogP contribution in [0.25, 0.3) is 0 Å². The summed E-state index contributed by atoms with van der Waals surface area (Å²) in [4.78, 5) is 0. The second-order valence-corrected chi connectivity index (χ2v) is 33.3. The lowest BCUT2D eigenvalue weighted by Crippen LogP contribution is -2.53. The molecule has 1 aliphatic heterocycles. The maximum atomic E-state index is 7.81. The van der Waals surface area contributed by atoms with Gasteiger partial charge in [0.25, 0.3) is 0 Å². The first-order valence-electron chi connectivity index (χ1n) is 24.9. The topological polar surface area (TPSA) is 55.4 Å². The molecule has 1 aromatic rings. The van der Waals surface area contributed by atoms with Gasteiger partial charge in [0.1, 0.15) is 6.10 Å². The molecule has 7 atom stereocenters. The third-order valence-corrected chi connectivity index (χ3v) is 28.6. The molecule has 0 saturated carbocycles. The van der Waals surface area contributed by atoms with Gasteiger partial charge in [0, 0.05) is 11.8 Å².